The number of anilines is 1. The minimum absolute atomic E-state index is 0.573. The number of ether oxygens (including phenoxy) is 1. The van der Waals surface area contributed by atoms with E-state index in [2.05, 4.69) is 74.3 Å². The van der Waals surface area contributed by atoms with Gasteiger partial charge in [0.2, 0.25) is 5.88 Å². The number of aromatic nitrogens is 4. The summed E-state index contributed by atoms with van der Waals surface area (Å²) in [6.07, 6.45) is 10.9. The van der Waals surface area contributed by atoms with Crippen molar-refractivity contribution in [3.8, 4) is 23.1 Å². The highest BCUT2D eigenvalue weighted by Crippen LogP contribution is 2.32. The first kappa shape index (κ1) is 26.0. The Kier molecular flexibility index (Phi) is 7.45. The van der Waals surface area contributed by atoms with Crippen molar-refractivity contribution in [2.75, 3.05) is 57.8 Å². The number of fused-ring (bicyclic) bond motifs is 1. The zero-order valence-corrected chi connectivity index (χ0v) is 23.1. The highest BCUT2D eigenvalue weighted by Gasteiger charge is 2.20. The number of piperazine rings is 1. The number of nitriles is 1. The molecule has 4 aromatic heterocycles. The van der Waals surface area contributed by atoms with Gasteiger partial charge in [-0.05, 0) is 47.9 Å². The van der Waals surface area contributed by atoms with E-state index in [1.165, 1.54) is 11.1 Å². The molecule has 0 saturated carbocycles. The summed E-state index contributed by atoms with van der Waals surface area (Å²) in [5.41, 5.74) is 7.05. The molecule has 0 radical (unpaired) electrons. The van der Waals surface area contributed by atoms with Gasteiger partial charge in [-0.3, -0.25) is 9.80 Å². The molecule has 204 valence electrons. The van der Waals surface area contributed by atoms with Gasteiger partial charge in [0.25, 0.3) is 0 Å². The molecule has 9 nitrogen and oxygen atoms in total. The van der Waals surface area contributed by atoms with E-state index in [-0.39, 0.29) is 0 Å². The van der Waals surface area contributed by atoms with Gasteiger partial charge < -0.3 is 9.64 Å². The van der Waals surface area contributed by atoms with Gasteiger partial charge in [0, 0.05) is 81.6 Å². The highest BCUT2D eigenvalue weighted by atomic mass is 16.5. The molecule has 1 fully saturated rings. The van der Waals surface area contributed by atoms with Gasteiger partial charge in [-0.15, -0.1) is 0 Å². The number of nitrogens with zero attached hydrogens (tertiary/aromatic N) is 8. The monoisotopic (exact) mass is 534 g/mol. The van der Waals surface area contributed by atoms with Crippen LogP contribution in [0, 0.1) is 11.3 Å². The van der Waals surface area contributed by atoms with Crippen molar-refractivity contribution in [1.82, 2.24) is 29.4 Å². The van der Waals surface area contributed by atoms with Gasteiger partial charge in [0.05, 0.1) is 24.4 Å². The molecule has 0 amide bonds. The fraction of sp³-hybridized carbons (Fsp3) is 0.355. The molecule has 0 atom stereocenters. The molecule has 0 spiro atoms. The number of likely N-dealkylation sites (N-methyl/N-ethyl adjacent to an activating group) is 1. The molecule has 6 rings (SSSR count). The van der Waals surface area contributed by atoms with Crippen LogP contribution in [-0.2, 0) is 6.54 Å². The Morgan fingerprint density at radius 1 is 0.950 bits per heavy atom. The lowest BCUT2D eigenvalue weighted by Gasteiger charge is -2.35. The van der Waals surface area contributed by atoms with Crippen LogP contribution in [0.15, 0.2) is 61.2 Å². The van der Waals surface area contributed by atoms with E-state index in [1.807, 2.05) is 23.0 Å². The van der Waals surface area contributed by atoms with Crippen LogP contribution in [0.3, 0.4) is 0 Å². The third-order valence-corrected chi connectivity index (χ3v) is 8.01. The Morgan fingerprint density at radius 2 is 1.82 bits per heavy atom. The van der Waals surface area contributed by atoms with E-state index in [9.17, 15) is 5.26 Å². The Labute approximate surface area is 234 Å². The molecule has 4 aromatic rings. The highest BCUT2D eigenvalue weighted by molar-refractivity contribution is 5.87. The predicted molar refractivity (Wildman–Crippen MR) is 156 cm³/mol. The molecule has 0 N–H and O–H groups in total. The Balaban J connectivity index is 1.19. The molecule has 2 aliphatic heterocycles. The molecule has 9 heteroatoms. The largest absolute Gasteiger partial charge is 0.481 e. The first-order valence-corrected chi connectivity index (χ1v) is 13.9. The second-order valence-corrected chi connectivity index (χ2v) is 10.4. The van der Waals surface area contributed by atoms with Gasteiger partial charge in [-0.25, -0.2) is 14.5 Å². The average Bonchev–Trinajstić information content (AvgIpc) is 3.45. The van der Waals surface area contributed by atoms with Crippen LogP contribution in [0.2, 0.25) is 0 Å². The topological polar surface area (TPSA) is 85.8 Å². The van der Waals surface area contributed by atoms with Crippen LogP contribution in [0.4, 0.5) is 5.82 Å². The molecule has 40 heavy (non-hydrogen) atoms. The standard InChI is InChI=1S/C31H34N8O/c1-3-36-10-8-24(9-11-36)26-16-28(31-27(17-32)20-35-39(31)22-26)25-5-6-29(33-19-25)38-14-12-37(13-15-38)21-23-4-7-30(40-2)34-18-23/h4-8,16,18-20,22H,3,9-15,21H2,1-2H3. The molecule has 1 saturated heterocycles. The predicted octanol–water partition coefficient (Wildman–Crippen LogP) is 4.10. The first-order chi connectivity index (χ1) is 19.6. The molecule has 0 aromatic carbocycles. The van der Waals surface area contributed by atoms with Crippen molar-refractivity contribution >= 4 is 16.9 Å². The fourth-order valence-corrected chi connectivity index (χ4v) is 5.61. The summed E-state index contributed by atoms with van der Waals surface area (Å²) in [5, 5.41) is 14.3. The van der Waals surface area contributed by atoms with E-state index >= 15 is 0 Å². The van der Waals surface area contributed by atoms with Crippen molar-refractivity contribution in [1.29, 1.82) is 5.26 Å². The minimum atomic E-state index is 0.573. The summed E-state index contributed by atoms with van der Waals surface area (Å²) >= 11 is 0. The van der Waals surface area contributed by atoms with Crippen LogP contribution in [0.1, 0.15) is 30.0 Å². The summed E-state index contributed by atoms with van der Waals surface area (Å²) in [5.74, 6) is 1.62. The summed E-state index contributed by atoms with van der Waals surface area (Å²) < 4.78 is 7.02. The maximum atomic E-state index is 9.77. The van der Waals surface area contributed by atoms with E-state index in [4.69, 9.17) is 9.72 Å². The van der Waals surface area contributed by atoms with E-state index < -0.39 is 0 Å². The van der Waals surface area contributed by atoms with E-state index in [0.717, 1.165) is 86.8 Å². The fourth-order valence-electron chi connectivity index (χ4n) is 5.61. The molecule has 0 aliphatic carbocycles. The van der Waals surface area contributed by atoms with Gasteiger partial charge in [0.15, 0.2) is 0 Å². The maximum Gasteiger partial charge on any atom is 0.212 e. The molecular formula is C31H34N8O. The lowest BCUT2D eigenvalue weighted by Crippen LogP contribution is -2.46. The number of rotatable bonds is 7. The summed E-state index contributed by atoms with van der Waals surface area (Å²) in [4.78, 5) is 16.4. The second-order valence-electron chi connectivity index (χ2n) is 10.4. The van der Waals surface area contributed by atoms with Crippen LogP contribution in [0.25, 0.3) is 22.2 Å². The molecule has 6 heterocycles. The van der Waals surface area contributed by atoms with Crippen LogP contribution < -0.4 is 9.64 Å². The SMILES string of the molecule is CCN1CC=C(c2cc(-c3ccc(N4CCN(Cc5ccc(OC)nc5)CC4)nc3)c3c(C#N)cnn3c2)CC1. The normalized spacial score (nSPS) is 16.6. The van der Waals surface area contributed by atoms with Crippen molar-refractivity contribution in [3.05, 3.63) is 77.9 Å². The Morgan fingerprint density at radius 3 is 2.48 bits per heavy atom. The van der Waals surface area contributed by atoms with Gasteiger partial charge in [-0.1, -0.05) is 19.1 Å². The van der Waals surface area contributed by atoms with Crippen LogP contribution in [-0.4, -0.2) is 82.3 Å². The lowest BCUT2D eigenvalue weighted by atomic mass is 9.96. The minimum Gasteiger partial charge on any atom is -0.481 e. The van der Waals surface area contributed by atoms with Crippen molar-refractivity contribution < 1.29 is 4.74 Å². The van der Waals surface area contributed by atoms with Gasteiger partial charge >= 0.3 is 0 Å². The molecule has 0 bridgehead atoms. The van der Waals surface area contributed by atoms with Crippen molar-refractivity contribution in [2.24, 2.45) is 0 Å². The lowest BCUT2D eigenvalue weighted by molar-refractivity contribution is 0.249. The maximum absolute atomic E-state index is 9.77. The smallest absolute Gasteiger partial charge is 0.212 e. The molecular weight excluding hydrogens is 500 g/mol. The number of hydrogen-bond donors (Lipinski definition) is 0. The van der Waals surface area contributed by atoms with Crippen molar-refractivity contribution in [3.63, 3.8) is 0 Å². The summed E-state index contributed by atoms with van der Waals surface area (Å²) in [6, 6.07) is 12.7. The third-order valence-electron chi connectivity index (χ3n) is 8.01. The average molecular weight is 535 g/mol. The Bertz CT molecular complexity index is 1540. The second kappa shape index (κ2) is 11.5. The zero-order chi connectivity index (χ0) is 27.5. The Hall–Kier alpha value is -4.26. The summed E-state index contributed by atoms with van der Waals surface area (Å²) in [6.45, 7) is 9.91. The number of hydrogen-bond acceptors (Lipinski definition) is 8. The molecule has 0 unspecified atom stereocenters. The third kappa shape index (κ3) is 5.28. The summed E-state index contributed by atoms with van der Waals surface area (Å²) in [7, 11) is 1.63. The molecule has 2 aliphatic rings. The number of methoxy groups -OCH3 is 1. The van der Waals surface area contributed by atoms with Gasteiger partial charge in [0.1, 0.15) is 11.9 Å². The zero-order valence-electron chi connectivity index (χ0n) is 23.1. The van der Waals surface area contributed by atoms with Crippen molar-refractivity contribution in [2.45, 2.75) is 19.9 Å². The van der Waals surface area contributed by atoms with E-state index in [0.29, 0.717) is 11.4 Å². The van der Waals surface area contributed by atoms with Gasteiger partial charge in [-0.2, -0.15) is 10.4 Å². The van der Waals surface area contributed by atoms with Crippen LogP contribution in [0.5, 0.6) is 5.88 Å². The quantitative estimate of drug-likeness (QED) is 0.350. The van der Waals surface area contributed by atoms with E-state index in [1.54, 1.807) is 13.3 Å². The first-order valence-electron chi connectivity index (χ1n) is 13.9. The number of pyridine rings is 3. The van der Waals surface area contributed by atoms with Crippen LogP contribution >= 0.6 is 0 Å².